The summed E-state index contributed by atoms with van der Waals surface area (Å²) in [6.07, 6.45) is 11.9. The van der Waals surface area contributed by atoms with E-state index in [0.29, 0.717) is 6.10 Å². The lowest BCUT2D eigenvalue weighted by Gasteiger charge is -2.26. The quantitative estimate of drug-likeness (QED) is 0.518. The van der Waals surface area contributed by atoms with Crippen molar-refractivity contribution in [3.05, 3.63) is 11.8 Å². The highest BCUT2D eigenvalue weighted by molar-refractivity contribution is 4.98. The summed E-state index contributed by atoms with van der Waals surface area (Å²) in [5.41, 5.74) is 0. The van der Waals surface area contributed by atoms with Gasteiger partial charge in [-0.1, -0.05) is 6.42 Å². The third-order valence-electron chi connectivity index (χ3n) is 2.63. The van der Waals surface area contributed by atoms with Crippen molar-refractivity contribution >= 4 is 0 Å². The van der Waals surface area contributed by atoms with Crippen LogP contribution in [0.1, 0.15) is 44.9 Å². The first kappa shape index (κ1) is 7.20. The Hall–Kier alpha value is -0.460. The molecule has 0 saturated carbocycles. The second-order valence-corrected chi connectivity index (χ2v) is 3.59. The van der Waals surface area contributed by atoms with Crippen molar-refractivity contribution < 1.29 is 4.74 Å². The molecule has 1 nitrogen and oxygen atoms in total. The summed E-state index contributed by atoms with van der Waals surface area (Å²) in [6, 6.07) is 0. The summed E-state index contributed by atoms with van der Waals surface area (Å²) in [4.78, 5) is 0. The van der Waals surface area contributed by atoms with Crippen molar-refractivity contribution in [3.63, 3.8) is 0 Å². The van der Waals surface area contributed by atoms with Gasteiger partial charge in [0.05, 0.1) is 11.9 Å². The van der Waals surface area contributed by atoms with Crippen LogP contribution < -0.4 is 0 Å². The van der Waals surface area contributed by atoms with Crippen LogP contribution in [0.4, 0.5) is 0 Å². The average Bonchev–Trinajstić information content (AvgIpc) is 2.02. The van der Waals surface area contributed by atoms with E-state index in [9.17, 15) is 0 Å². The molecule has 2 aliphatic rings. The van der Waals surface area contributed by atoms with Gasteiger partial charge in [-0.05, 0) is 38.2 Å². The van der Waals surface area contributed by atoms with Gasteiger partial charge in [0.2, 0.25) is 0 Å². The average molecular weight is 152 g/mol. The molecule has 0 aromatic rings. The van der Waals surface area contributed by atoms with Gasteiger partial charge in [0, 0.05) is 6.42 Å². The largest absolute Gasteiger partial charge is 0.495 e. The standard InChI is InChI=1S/C10H16O/c1-2-5-9-7-4-8-10(11-9)6-3-1/h7,10H,1-6,8H2. The highest BCUT2D eigenvalue weighted by Crippen LogP contribution is 2.27. The molecule has 1 atom stereocenters. The Morgan fingerprint density at radius 1 is 1.18 bits per heavy atom. The fourth-order valence-electron chi connectivity index (χ4n) is 1.96. The first-order chi connectivity index (χ1) is 5.45. The summed E-state index contributed by atoms with van der Waals surface area (Å²) >= 11 is 0. The molecule has 62 valence electrons. The van der Waals surface area contributed by atoms with E-state index in [1.807, 2.05) is 0 Å². The monoisotopic (exact) mass is 152 g/mol. The van der Waals surface area contributed by atoms with Crippen molar-refractivity contribution in [1.29, 1.82) is 0 Å². The van der Waals surface area contributed by atoms with Crippen LogP contribution in [0.5, 0.6) is 0 Å². The van der Waals surface area contributed by atoms with E-state index in [1.165, 1.54) is 50.7 Å². The third kappa shape index (κ3) is 1.76. The van der Waals surface area contributed by atoms with E-state index >= 15 is 0 Å². The van der Waals surface area contributed by atoms with E-state index in [2.05, 4.69) is 6.08 Å². The number of rotatable bonds is 0. The number of hydrogen-bond acceptors (Lipinski definition) is 1. The first-order valence-electron chi connectivity index (χ1n) is 4.81. The van der Waals surface area contributed by atoms with Gasteiger partial charge in [0.15, 0.2) is 0 Å². The van der Waals surface area contributed by atoms with Crippen LogP contribution in [-0.4, -0.2) is 6.10 Å². The number of ether oxygens (including phenoxy) is 1. The SMILES string of the molecule is C1=C2CCCCCC(CC1)O2. The smallest absolute Gasteiger partial charge is 0.0985 e. The van der Waals surface area contributed by atoms with Crippen molar-refractivity contribution in [3.8, 4) is 0 Å². The molecule has 1 saturated heterocycles. The molecule has 0 amide bonds. The van der Waals surface area contributed by atoms with Crippen molar-refractivity contribution in [1.82, 2.24) is 0 Å². The van der Waals surface area contributed by atoms with Gasteiger partial charge in [-0.15, -0.1) is 0 Å². The lowest BCUT2D eigenvalue weighted by Crippen LogP contribution is -2.17. The van der Waals surface area contributed by atoms with Crippen LogP contribution in [0.3, 0.4) is 0 Å². The van der Waals surface area contributed by atoms with Crippen LogP contribution in [0.15, 0.2) is 11.8 Å². The molecule has 11 heavy (non-hydrogen) atoms. The fourth-order valence-corrected chi connectivity index (χ4v) is 1.96. The number of allylic oxidation sites excluding steroid dienone is 2. The minimum atomic E-state index is 0.565. The Bertz CT molecular complexity index is 160. The Morgan fingerprint density at radius 2 is 2.18 bits per heavy atom. The highest BCUT2D eigenvalue weighted by Gasteiger charge is 2.17. The zero-order chi connectivity index (χ0) is 7.52. The molecule has 0 aromatic carbocycles. The summed E-state index contributed by atoms with van der Waals surface area (Å²) in [7, 11) is 0. The molecular formula is C10H16O. The Labute approximate surface area is 68.4 Å². The second-order valence-electron chi connectivity index (χ2n) is 3.59. The van der Waals surface area contributed by atoms with E-state index < -0.39 is 0 Å². The third-order valence-corrected chi connectivity index (χ3v) is 2.63. The summed E-state index contributed by atoms with van der Waals surface area (Å²) in [6.45, 7) is 0. The molecule has 2 bridgehead atoms. The molecule has 2 heterocycles. The van der Waals surface area contributed by atoms with Crippen molar-refractivity contribution in [2.75, 3.05) is 0 Å². The molecule has 0 aromatic heterocycles. The maximum absolute atomic E-state index is 5.79. The molecule has 1 heteroatoms. The molecule has 1 unspecified atom stereocenters. The van der Waals surface area contributed by atoms with Crippen LogP contribution >= 0.6 is 0 Å². The summed E-state index contributed by atoms with van der Waals surface area (Å²) < 4.78 is 5.79. The number of fused-ring (bicyclic) bond motifs is 2. The molecular weight excluding hydrogens is 136 g/mol. The van der Waals surface area contributed by atoms with E-state index in [4.69, 9.17) is 4.74 Å². The van der Waals surface area contributed by atoms with Crippen LogP contribution in [0.25, 0.3) is 0 Å². The lowest BCUT2D eigenvalue weighted by molar-refractivity contribution is 0.0719. The zero-order valence-electron chi connectivity index (χ0n) is 7.01. The molecule has 2 aliphatic heterocycles. The Kier molecular flexibility index (Phi) is 2.16. The van der Waals surface area contributed by atoms with Gasteiger partial charge in [-0.25, -0.2) is 0 Å². The molecule has 0 spiro atoms. The van der Waals surface area contributed by atoms with Crippen LogP contribution in [0.2, 0.25) is 0 Å². The Balaban J connectivity index is 2.01. The molecule has 0 aliphatic carbocycles. The topological polar surface area (TPSA) is 9.23 Å². The minimum Gasteiger partial charge on any atom is -0.495 e. The maximum Gasteiger partial charge on any atom is 0.0985 e. The molecule has 0 N–H and O–H groups in total. The summed E-state index contributed by atoms with van der Waals surface area (Å²) in [5, 5.41) is 0. The van der Waals surface area contributed by atoms with Crippen molar-refractivity contribution in [2.45, 2.75) is 51.0 Å². The lowest BCUT2D eigenvalue weighted by atomic mass is 9.99. The predicted molar refractivity (Wildman–Crippen MR) is 45.3 cm³/mol. The van der Waals surface area contributed by atoms with Gasteiger partial charge < -0.3 is 4.74 Å². The van der Waals surface area contributed by atoms with Gasteiger partial charge in [-0.3, -0.25) is 0 Å². The molecule has 2 rings (SSSR count). The van der Waals surface area contributed by atoms with Crippen molar-refractivity contribution in [2.24, 2.45) is 0 Å². The number of hydrogen-bond donors (Lipinski definition) is 0. The van der Waals surface area contributed by atoms with Gasteiger partial charge in [0.25, 0.3) is 0 Å². The van der Waals surface area contributed by atoms with E-state index in [-0.39, 0.29) is 0 Å². The molecule has 0 radical (unpaired) electrons. The van der Waals surface area contributed by atoms with Crippen LogP contribution in [-0.2, 0) is 4.74 Å². The van der Waals surface area contributed by atoms with E-state index in [1.54, 1.807) is 0 Å². The first-order valence-corrected chi connectivity index (χ1v) is 4.81. The normalized spacial score (nSPS) is 31.3. The summed E-state index contributed by atoms with van der Waals surface area (Å²) in [5.74, 6) is 1.28. The zero-order valence-corrected chi connectivity index (χ0v) is 7.01. The van der Waals surface area contributed by atoms with Gasteiger partial charge >= 0.3 is 0 Å². The van der Waals surface area contributed by atoms with Gasteiger partial charge in [-0.2, -0.15) is 0 Å². The van der Waals surface area contributed by atoms with Gasteiger partial charge in [0.1, 0.15) is 0 Å². The molecule has 1 fully saturated rings. The van der Waals surface area contributed by atoms with Crippen LogP contribution in [0, 0.1) is 0 Å². The fraction of sp³-hybridized carbons (Fsp3) is 0.800. The highest BCUT2D eigenvalue weighted by atomic mass is 16.5. The predicted octanol–water partition coefficient (Wildman–Crippen LogP) is 3.01. The maximum atomic E-state index is 5.79. The minimum absolute atomic E-state index is 0.565. The Morgan fingerprint density at radius 3 is 3.18 bits per heavy atom. The second kappa shape index (κ2) is 3.29. The van der Waals surface area contributed by atoms with E-state index in [0.717, 1.165) is 0 Å².